The minimum atomic E-state index is 0. The van der Waals surface area contributed by atoms with Gasteiger partial charge < -0.3 is 4.90 Å². The minimum absolute atomic E-state index is 0. The third kappa shape index (κ3) is 3.45. The molecule has 0 bridgehead atoms. The van der Waals surface area contributed by atoms with Crippen molar-refractivity contribution < 1.29 is 0 Å². The number of hydrogen-bond donors (Lipinski definition) is 0. The Morgan fingerprint density at radius 1 is 1.06 bits per heavy atom. The largest absolute Gasteiger partial charge is 0.357 e. The first-order valence-electron chi connectivity index (χ1n) is 6.29. The number of nitrogens with zero attached hydrogens (tertiary/aromatic N) is 2. The highest BCUT2D eigenvalue weighted by atomic mass is 15.2. The van der Waals surface area contributed by atoms with Crippen LogP contribution in [0.5, 0.6) is 0 Å². The van der Waals surface area contributed by atoms with Crippen LogP contribution in [0.1, 0.15) is 53.0 Å². The van der Waals surface area contributed by atoms with Gasteiger partial charge in [-0.2, -0.15) is 0 Å². The van der Waals surface area contributed by atoms with Crippen LogP contribution in [-0.4, -0.2) is 18.1 Å². The summed E-state index contributed by atoms with van der Waals surface area (Å²) in [6, 6.07) is 4.39. The molecule has 2 rings (SSSR count). The van der Waals surface area contributed by atoms with Crippen molar-refractivity contribution in [1.82, 2.24) is 4.98 Å². The molecule has 1 aliphatic rings. The molecule has 17 heavy (non-hydrogen) atoms. The second kappa shape index (κ2) is 5.52. The molecule has 0 radical (unpaired) electrons. The SMILES string of the molecule is C.CC(C)(C)c1ccc(N2CCCCC2)nc1. The molecule has 1 aliphatic heterocycles. The zero-order valence-corrected chi connectivity index (χ0v) is 10.7. The molecule has 2 nitrogen and oxygen atoms in total. The fourth-order valence-corrected chi connectivity index (χ4v) is 2.14. The second-order valence-electron chi connectivity index (χ2n) is 5.70. The summed E-state index contributed by atoms with van der Waals surface area (Å²) < 4.78 is 0. The second-order valence-corrected chi connectivity index (χ2v) is 5.70. The Labute approximate surface area is 106 Å². The lowest BCUT2D eigenvalue weighted by Gasteiger charge is -2.28. The van der Waals surface area contributed by atoms with Crippen LogP contribution in [0.25, 0.3) is 0 Å². The summed E-state index contributed by atoms with van der Waals surface area (Å²) in [5, 5.41) is 0. The average molecular weight is 234 g/mol. The maximum atomic E-state index is 4.59. The normalized spacial score (nSPS) is 16.5. The van der Waals surface area contributed by atoms with E-state index >= 15 is 0 Å². The molecule has 0 spiro atoms. The summed E-state index contributed by atoms with van der Waals surface area (Å²) in [6.45, 7) is 9.02. The summed E-state index contributed by atoms with van der Waals surface area (Å²) in [5.41, 5.74) is 1.52. The third-order valence-electron chi connectivity index (χ3n) is 3.29. The van der Waals surface area contributed by atoms with Crippen LogP contribution in [0.2, 0.25) is 0 Å². The molecular formula is C15H26N2. The Balaban J connectivity index is 0.00000144. The molecule has 96 valence electrons. The van der Waals surface area contributed by atoms with Gasteiger partial charge in [-0.25, -0.2) is 4.98 Å². The van der Waals surface area contributed by atoms with E-state index in [-0.39, 0.29) is 12.8 Å². The predicted molar refractivity (Wildman–Crippen MR) is 75.7 cm³/mol. The molecule has 0 aromatic carbocycles. The van der Waals surface area contributed by atoms with E-state index in [0.717, 1.165) is 5.82 Å². The van der Waals surface area contributed by atoms with Gasteiger partial charge in [0.2, 0.25) is 0 Å². The molecule has 2 heteroatoms. The van der Waals surface area contributed by atoms with Gasteiger partial charge in [-0.3, -0.25) is 0 Å². The van der Waals surface area contributed by atoms with Gasteiger partial charge in [0.1, 0.15) is 5.82 Å². The quantitative estimate of drug-likeness (QED) is 0.730. The highest BCUT2D eigenvalue weighted by Gasteiger charge is 2.16. The molecule has 1 aromatic rings. The lowest BCUT2D eigenvalue weighted by molar-refractivity contribution is 0.569. The van der Waals surface area contributed by atoms with Gasteiger partial charge in [-0.15, -0.1) is 0 Å². The van der Waals surface area contributed by atoms with Gasteiger partial charge in [-0.05, 0) is 36.3 Å². The fourth-order valence-electron chi connectivity index (χ4n) is 2.14. The molecule has 2 heterocycles. The van der Waals surface area contributed by atoms with E-state index in [4.69, 9.17) is 0 Å². The van der Waals surface area contributed by atoms with Gasteiger partial charge >= 0.3 is 0 Å². The van der Waals surface area contributed by atoms with Gasteiger partial charge in [0.15, 0.2) is 0 Å². The van der Waals surface area contributed by atoms with Crippen LogP contribution in [0, 0.1) is 0 Å². The van der Waals surface area contributed by atoms with E-state index in [1.54, 1.807) is 0 Å². The summed E-state index contributed by atoms with van der Waals surface area (Å²) in [4.78, 5) is 6.99. The molecule has 1 saturated heterocycles. The van der Waals surface area contributed by atoms with E-state index in [1.165, 1.54) is 37.9 Å². The fraction of sp³-hybridized carbons (Fsp3) is 0.667. The maximum Gasteiger partial charge on any atom is 0.128 e. The van der Waals surface area contributed by atoms with Crippen molar-refractivity contribution in [2.24, 2.45) is 0 Å². The molecule has 0 saturated carbocycles. The summed E-state index contributed by atoms with van der Waals surface area (Å²) in [7, 11) is 0. The monoisotopic (exact) mass is 234 g/mol. The summed E-state index contributed by atoms with van der Waals surface area (Å²) in [6.07, 6.45) is 6.02. The Bertz CT molecular complexity index is 329. The highest BCUT2D eigenvalue weighted by Crippen LogP contribution is 2.24. The highest BCUT2D eigenvalue weighted by molar-refractivity contribution is 5.40. The Morgan fingerprint density at radius 3 is 2.18 bits per heavy atom. The maximum absolute atomic E-state index is 4.59. The average Bonchev–Trinajstić information content (AvgIpc) is 2.29. The van der Waals surface area contributed by atoms with Crippen molar-refractivity contribution in [2.75, 3.05) is 18.0 Å². The van der Waals surface area contributed by atoms with Crippen LogP contribution in [0.4, 0.5) is 5.82 Å². The number of rotatable bonds is 1. The van der Waals surface area contributed by atoms with E-state index in [9.17, 15) is 0 Å². The van der Waals surface area contributed by atoms with Crippen molar-refractivity contribution in [1.29, 1.82) is 0 Å². The Hall–Kier alpha value is -1.05. The van der Waals surface area contributed by atoms with Crippen molar-refractivity contribution in [3.63, 3.8) is 0 Å². The van der Waals surface area contributed by atoms with Crippen molar-refractivity contribution in [3.05, 3.63) is 23.9 Å². The smallest absolute Gasteiger partial charge is 0.128 e. The lowest BCUT2D eigenvalue weighted by atomic mass is 9.88. The van der Waals surface area contributed by atoms with Crippen LogP contribution in [-0.2, 0) is 5.41 Å². The lowest BCUT2D eigenvalue weighted by Crippen LogP contribution is -2.30. The first kappa shape index (κ1) is 14.0. The van der Waals surface area contributed by atoms with Gasteiger partial charge in [0, 0.05) is 19.3 Å². The number of aromatic nitrogens is 1. The first-order valence-corrected chi connectivity index (χ1v) is 6.29. The molecule has 0 atom stereocenters. The molecule has 0 unspecified atom stereocenters. The van der Waals surface area contributed by atoms with Crippen LogP contribution >= 0.6 is 0 Å². The van der Waals surface area contributed by atoms with E-state index in [1.807, 2.05) is 6.20 Å². The van der Waals surface area contributed by atoms with Crippen LogP contribution in [0.15, 0.2) is 18.3 Å². The standard InChI is InChI=1S/C14H22N2.CH4/c1-14(2,3)12-7-8-13(15-11-12)16-9-5-4-6-10-16;/h7-8,11H,4-6,9-10H2,1-3H3;1H4. The summed E-state index contributed by atoms with van der Waals surface area (Å²) in [5.74, 6) is 1.15. The topological polar surface area (TPSA) is 16.1 Å². The molecular weight excluding hydrogens is 208 g/mol. The zero-order valence-electron chi connectivity index (χ0n) is 10.7. The van der Waals surface area contributed by atoms with Crippen molar-refractivity contribution in [3.8, 4) is 0 Å². The van der Waals surface area contributed by atoms with Gasteiger partial charge in [0.05, 0.1) is 0 Å². The van der Waals surface area contributed by atoms with Crippen molar-refractivity contribution >= 4 is 5.82 Å². The Morgan fingerprint density at radius 2 is 1.71 bits per heavy atom. The van der Waals surface area contributed by atoms with Gasteiger partial charge in [-0.1, -0.05) is 34.3 Å². The molecule has 0 amide bonds. The van der Waals surface area contributed by atoms with E-state index < -0.39 is 0 Å². The molecule has 1 fully saturated rings. The number of piperidine rings is 1. The zero-order chi connectivity index (χ0) is 11.6. The van der Waals surface area contributed by atoms with E-state index in [0.29, 0.717) is 0 Å². The minimum Gasteiger partial charge on any atom is -0.357 e. The van der Waals surface area contributed by atoms with Crippen LogP contribution in [0.3, 0.4) is 0 Å². The third-order valence-corrected chi connectivity index (χ3v) is 3.29. The number of hydrogen-bond acceptors (Lipinski definition) is 2. The Kier molecular flexibility index (Phi) is 4.55. The number of pyridine rings is 1. The molecule has 0 aliphatic carbocycles. The first-order chi connectivity index (χ1) is 7.57. The van der Waals surface area contributed by atoms with Crippen LogP contribution < -0.4 is 4.90 Å². The van der Waals surface area contributed by atoms with Gasteiger partial charge in [0.25, 0.3) is 0 Å². The predicted octanol–water partition coefficient (Wildman–Crippen LogP) is 4.01. The van der Waals surface area contributed by atoms with E-state index in [2.05, 4.69) is 42.8 Å². The molecule has 0 N–H and O–H groups in total. The summed E-state index contributed by atoms with van der Waals surface area (Å²) >= 11 is 0. The molecule has 1 aromatic heterocycles. The number of anilines is 1. The van der Waals surface area contributed by atoms with Crippen molar-refractivity contribution in [2.45, 2.75) is 52.9 Å².